The van der Waals surface area contributed by atoms with Gasteiger partial charge < -0.3 is 5.73 Å². The zero-order valence-electron chi connectivity index (χ0n) is 9.84. The summed E-state index contributed by atoms with van der Waals surface area (Å²) in [5, 5.41) is 0. The number of rotatable bonds is 3. The second kappa shape index (κ2) is 4.74. The number of nitrogens with zero attached hydrogens (tertiary/aromatic N) is 1. The predicted molar refractivity (Wildman–Crippen MR) is 58.0 cm³/mol. The van der Waals surface area contributed by atoms with Crippen molar-refractivity contribution in [3.63, 3.8) is 0 Å². The minimum Gasteiger partial charge on any atom is -0.326 e. The normalized spacial score (nSPS) is 31.2. The van der Waals surface area contributed by atoms with Crippen molar-refractivity contribution in [3.05, 3.63) is 0 Å². The van der Waals surface area contributed by atoms with E-state index in [0.717, 1.165) is 19.3 Å². The highest BCUT2D eigenvalue weighted by molar-refractivity contribution is 4.92. The van der Waals surface area contributed by atoms with Crippen LogP contribution in [0.2, 0.25) is 0 Å². The fourth-order valence-electron chi connectivity index (χ4n) is 2.41. The monoisotopic (exact) mass is 220 g/mol. The van der Waals surface area contributed by atoms with Gasteiger partial charge in [0.15, 0.2) is 0 Å². The molecule has 0 heterocycles. The van der Waals surface area contributed by atoms with Crippen LogP contribution in [-0.4, -0.2) is 37.0 Å². The van der Waals surface area contributed by atoms with Crippen LogP contribution in [0.5, 0.6) is 0 Å². The topological polar surface area (TPSA) is 29.3 Å². The van der Waals surface area contributed by atoms with Crippen LogP contribution in [0.15, 0.2) is 0 Å². The molecule has 0 amide bonds. The molecule has 1 rings (SSSR count). The van der Waals surface area contributed by atoms with Gasteiger partial charge in [-0.1, -0.05) is 13.8 Å². The van der Waals surface area contributed by atoms with Crippen molar-refractivity contribution < 1.29 is 8.78 Å². The summed E-state index contributed by atoms with van der Waals surface area (Å²) < 4.78 is 24.6. The molecule has 1 saturated carbocycles. The quantitative estimate of drug-likeness (QED) is 0.789. The van der Waals surface area contributed by atoms with Crippen LogP contribution in [-0.2, 0) is 0 Å². The molecule has 2 atom stereocenters. The molecule has 0 aromatic heterocycles. The molecular formula is C11H22F2N2. The lowest BCUT2D eigenvalue weighted by Crippen LogP contribution is -2.52. The van der Waals surface area contributed by atoms with E-state index < -0.39 is 6.43 Å². The number of hydrogen-bond acceptors (Lipinski definition) is 2. The van der Waals surface area contributed by atoms with Crippen LogP contribution in [0, 0.1) is 5.41 Å². The van der Waals surface area contributed by atoms with E-state index in [2.05, 4.69) is 13.8 Å². The van der Waals surface area contributed by atoms with Crippen molar-refractivity contribution in [3.8, 4) is 0 Å². The van der Waals surface area contributed by atoms with E-state index in [1.807, 2.05) is 0 Å². The van der Waals surface area contributed by atoms with E-state index in [1.165, 1.54) is 0 Å². The Morgan fingerprint density at radius 2 is 2.07 bits per heavy atom. The Kier molecular flexibility index (Phi) is 4.06. The Balaban J connectivity index is 2.57. The van der Waals surface area contributed by atoms with Gasteiger partial charge in [-0.25, -0.2) is 8.78 Å². The minimum absolute atomic E-state index is 0.0433. The lowest BCUT2D eigenvalue weighted by atomic mass is 9.73. The van der Waals surface area contributed by atoms with Crippen molar-refractivity contribution in [2.24, 2.45) is 11.1 Å². The molecule has 0 spiro atoms. The summed E-state index contributed by atoms with van der Waals surface area (Å²) in [4.78, 5) is 1.72. The Labute approximate surface area is 90.8 Å². The Bertz CT molecular complexity index is 207. The summed E-state index contributed by atoms with van der Waals surface area (Å²) in [6, 6.07) is 0.143. The maximum Gasteiger partial charge on any atom is 0.251 e. The van der Waals surface area contributed by atoms with Crippen molar-refractivity contribution in [2.75, 3.05) is 13.6 Å². The van der Waals surface area contributed by atoms with Gasteiger partial charge in [-0.15, -0.1) is 0 Å². The zero-order chi connectivity index (χ0) is 11.6. The Morgan fingerprint density at radius 1 is 1.47 bits per heavy atom. The van der Waals surface area contributed by atoms with Gasteiger partial charge >= 0.3 is 0 Å². The van der Waals surface area contributed by atoms with Crippen LogP contribution >= 0.6 is 0 Å². The Morgan fingerprint density at radius 3 is 2.60 bits per heavy atom. The van der Waals surface area contributed by atoms with Crippen LogP contribution in [0.1, 0.15) is 33.1 Å². The van der Waals surface area contributed by atoms with E-state index in [-0.39, 0.29) is 24.0 Å². The molecule has 90 valence electrons. The number of alkyl halides is 2. The highest BCUT2D eigenvalue weighted by Crippen LogP contribution is 2.36. The third-order valence-electron chi connectivity index (χ3n) is 3.40. The summed E-state index contributed by atoms with van der Waals surface area (Å²) in [5.41, 5.74) is 6.22. The molecule has 0 radical (unpaired) electrons. The number of halogens is 2. The third-order valence-corrected chi connectivity index (χ3v) is 3.40. The first-order valence-electron chi connectivity index (χ1n) is 5.56. The third kappa shape index (κ3) is 3.68. The summed E-state index contributed by atoms with van der Waals surface area (Å²) in [5.74, 6) is 0. The molecule has 2 unspecified atom stereocenters. The molecule has 4 heteroatoms. The summed E-state index contributed by atoms with van der Waals surface area (Å²) in [7, 11) is 1.75. The second-order valence-corrected chi connectivity index (χ2v) is 5.47. The average Bonchev–Trinajstić information content (AvgIpc) is 2.08. The van der Waals surface area contributed by atoms with E-state index in [9.17, 15) is 8.78 Å². The first-order valence-corrected chi connectivity index (χ1v) is 5.56. The molecule has 0 bridgehead atoms. The second-order valence-electron chi connectivity index (χ2n) is 5.47. The molecule has 2 nitrogen and oxygen atoms in total. The molecule has 0 aliphatic heterocycles. The minimum atomic E-state index is -2.27. The van der Waals surface area contributed by atoms with Crippen molar-refractivity contribution >= 4 is 0 Å². The molecule has 2 N–H and O–H groups in total. The average molecular weight is 220 g/mol. The lowest BCUT2D eigenvalue weighted by molar-refractivity contribution is 0.0408. The number of nitrogens with two attached hydrogens (primary N) is 1. The van der Waals surface area contributed by atoms with Crippen LogP contribution in [0.4, 0.5) is 8.78 Å². The van der Waals surface area contributed by atoms with Crippen molar-refractivity contribution in [2.45, 2.75) is 51.6 Å². The fourth-order valence-corrected chi connectivity index (χ4v) is 2.41. The summed E-state index contributed by atoms with van der Waals surface area (Å²) in [6.45, 7) is 4.19. The number of hydrogen-bond donors (Lipinski definition) is 1. The van der Waals surface area contributed by atoms with E-state index in [1.54, 1.807) is 11.9 Å². The highest BCUT2D eigenvalue weighted by Gasteiger charge is 2.35. The van der Waals surface area contributed by atoms with Gasteiger partial charge in [0.1, 0.15) is 0 Å². The summed E-state index contributed by atoms with van der Waals surface area (Å²) in [6.07, 6.45) is 0.669. The van der Waals surface area contributed by atoms with E-state index >= 15 is 0 Å². The molecule has 1 fully saturated rings. The van der Waals surface area contributed by atoms with Gasteiger partial charge in [0.05, 0.1) is 6.54 Å². The van der Waals surface area contributed by atoms with Gasteiger partial charge in [-0.3, -0.25) is 4.90 Å². The fraction of sp³-hybridized carbons (Fsp3) is 1.00. The molecule has 0 aromatic carbocycles. The van der Waals surface area contributed by atoms with Gasteiger partial charge in [-0.2, -0.15) is 0 Å². The summed E-state index contributed by atoms with van der Waals surface area (Å²) >= 11 is 0. The Hall–Kier alpha value is -0.220. The van der Waals surface area contributed by atoms with Crippen LogP contribution in [0.25, 0.3) is 0 Å². The maximum atomic E-state index is 12.3. The van der Waals surface area contributed by atoms with Gasteiger partial charge in [0.25, 0.3) is 6.43 Å². The first kappa shape index (κ1) is 12.8. The van der Waals surface area contributed by atoms with Crippen molar-refractivity contribution in [1.29, 1.82) is 0 Å². The molecular weight excluding hydrogens is 198 g/mol. The van der Waals surface area contributed by atoms with Gasteiger partial charge in [0.2, 0.25) is 0 Å². The largest absolute Gasteiger partial charge is 0.326 e. The maximum absolute atomic E-state index is 12.3. The van der Waals surface area contributed by atoms with E-state index in [4.69, 9.17) is 5.73 Å². The standard InChI is InChI=1S/C11H22F2N2/c1-11(2)5-4-8(14)9(6-11)15(3)7-10(12)13/h8-10H,4-7,14H2,1-3H3. The smallest absolute Gasteiger partial charge is 0.251 e. The molecule has 0 aromatic rings. The molecule has 15 heavy (non-hydrogen) atoms. The molecule has 1 aliphatic carbocycles. The predicted octanol–water partition coefficient (Wildman–Crippen LogP) is 2.09. The molecule has 0 saturated heterocycles. The SMILES string of the molecule is CN(CC(F)F)C1CC(C)(C)CCC1N. The van der Waals surface area contributed by atoms with Gasteiger partial charge in [-0.05, 0) is 31.7 Å². The first-order chi connectivity index (χ1) is 6.82. The van der Waals surface area contributed by atoms with Crippen LogP contribution in [0.3, 0.4) is 0 Å². The lowest BCUT2D eigenvalue weighted by Gasteiger charge is -2.43. The van der Waals surface area contributed by atoms with Crippen molar-refractivity contribution in [1.82, 2.24) is 4.90 Å². The number of likely N-dealkylation sites (N-methyl/N-ethyl adjacent to an activating group) is 1. The molecule has 1 aliphatic rings. The highest BCUT2D eigenvalue weighted by atomic mass is 19.3. The van der Waals surface area contributed by atoms with Gasteiger partial charge in [0, 0.05) is 12.1 Å². The zero-order valence-corrected chi connectivity index (χ0v) is 9.84. The van der Waals surface area contributed by atoms with Crippen LogP contribution < -0.4 is 5.73 Å². The van der Waals surface area contributed by atoms with E-state index in [0.29, 0.717) is 0 Å².